The molecule has 1 aromatic heterocycles. The van der Waals surface area contributed by atoms with Gasteiger partial charge >= 0.3 is 0 Å². The minimum atomic E-state index is -1.72. The number of hydrogen-bond acceptors (Lipinski definition) is 13. The van der Waals surface area contributed by atoms with E-state index >= 15 is 0 Å². The van der Waals surface area contributed by atoms with Crippen LogP contribution in [0.15, 0.2) is 29.3 Å². The Morgan fingerprint density at radius 2 is 1.53 bits per heavy atom. The van der Waals surface area contributed by atoms with E-state index in [0.717, 1.165) is 16.7 Å². The van der Waals surface area contributed by atoms with E-state index in [0.29, 0.717) is 27.9 Å². The summed E-state index contributed by atoms with van der Waals surface area (Å²) in [5, 5.41) is 50.0. The monoisotopic (exact) mass is 886 g/mol. The average Bonchev–Trinajstić information content (AvgIpc) is 3.81. The fourth-order valence-electron chi connectivity index (χ4n) is 7.52. The highest BCUT2D eigenvalue weighted by atomic mass is 32.2. The maximum atomic E-state index is 14.4. The topological polar surface area (TPSA) is 344 Å². The first-order valence-corrected chi connectivity index (χ1v) is 21.2. The maximum Gasteiger partial charge on any atom is 0.246 e. The number of carbonyl (C=O) groups excluding carboxylic acids is 9. The van der Waals surface area contributed by atoms with Gasteiger partial charge in [0.25, 0.3) is 0 Å². The smallest absolute Gasteiger partial charge is 0.246 e. The van der Waals surface area contributed by atoms with Crippen molar-refractivity contribution < 1.29 is 58.5 Å². The maximum absolute atomic E-state index is 14.4. The number of nitrogens with one attached hydrogen (secondary N) is 8. The van der Waals surface area contributed by atoms with Crippen LogP contribution in [0.5, 0.6) is 0 Å². The Bertz CT molecular complexity index is 2070. The van der Waals surface area contributed by atoms with Crippen molar-refractivity contribution in [2.24, 2.45) is 17.6 Å². The predicted octanol–water partition coefficient (Wildman–Crippen LogP) is -4.64. The number of amides is 9. The SMILES string of the molecule is CCC(C)C1NC(=O)CNC(=O)C2Cc3c([nH]c4ccccc34)SCC(NC(=O)CNC1=O)C(=O)NC(CC(N)=O)C(=O)N1CC(O)CC1C(=O)NC(C(C)C(O)CO)C(=O)N2. The van der Waals surface area contributed by atoms with Gasteiger partial charge < -0.3 is 68.2 Å². The Morgan fingerprint density at radius 3 is 2.21 bits per heavy atom. The molecule has 5 rings (SSSR count). The second-order valence-corrected chi connectivity index (χ2v) is 16.8. The molecule has 22 nitrogen and oxygen atoms in total. The largest absolute Gasteiger partial charge is 0.394 e. The van der Waals surface area contributed by atoms with E-state index in [4.69, 9.17) is 5.73 Å². The number of para-hydroxylation sites is 1. The van der Waals surface area contributed by atoms with Crippen LogP contribution in [0.2, 0.25) is 0 Å². The number of nitrogens with two attached hydrogens (primary N) is 1. The lowest BCUT2D eigenvalue weighted by Crippen LogP contribution is -2.62. The number of fused-ring (bicyclic) bond motifs is 5. The van der Waals surface area contributed by atoms with E-state index in [1.165, 1.54) is 6.92 Å². The highest BCUT2D eigenvalue weighted by Crippen LogP contribution is 2.32. The lowest BCUT2D eigenvalue weighted by Gasteiger charge is -2.32. The average molecular weight is 887 g/mol. The fourth-order valence-corrected chi connectivity index (χ4v) is 8.64. The van der Waals surface area contributed by atoms with Crippen molar-refractivity contribution >= 4 is 75.8 Å². The van der Waals surface area contributed by atoms with Gasteiger partial charge in [-0.3, -0.25) is 43.2 Å². The van der Waals surface area contributed by atoms with Crippen LogP contribution in [-0.2, 0) is 49.6 Å². The number of carbonyl (C=O) groups is 9. The standard InChI is InChI=1S/C39H54N10O12S/c1-4-17(2)31-36(59)42-12-29(54)43-25-16-62-38-21(20-7-5-6-8-22(20)46-38)10-23(33(56)41-13-30(55)47-31)44-37(60)32(18(3)27(52)15-50)48-35(58)26-9-19(51)14-49(26)39(61)24(11-28(40)53)45-34(25)57/h5-8,17-19,23-27,31-32,46,50-52H,4,9-16H2,1-3H3,(H2,40,53)(H,41,56)(H,42,59)(H,43,54)(H,44,60)(H,45,57)(H,47,55)(H,48,58). The van der Waals surface area contributed by atoms with Gasteiger partial charge in [-0.05, 0) is 17.5 Å². The summed E-state index contributed by atoms with van der Waals surface area (Å²) in [6.45, 7) is 2.23. The molecular formula is C39H54N10O12S. The van der Waals surface area contributed by atoms with Crippen LogP contribution >= 0.6 is 11.8 Å². The first-order chi connectivity index (χ1) is 29.4. The number of aromatic nitrogens is 1. The normalized spacial score (nSPS) is 27.8. The third-order valence-corrected chi connectivity index (χ3v) is 12.4. The summed E-state index contributed by atoms with van der Waals surface area (Å²) in [6.07, 6.45) is -3.83. The molecule has 10 unspecified atom stereocenters. The molecule has 13 N–H and O–H groups in total. The molecule has 2 bridgehead atoms. The van der Waals surface area contributed by atoms with E-state index < -0.39 is 146 Å². The van der Waals surface area contributed by atoms with Crippen LogP contribution in [0, 0.1) is 11.8 Å². The number of benzene rings is 1. The third kappa shape index (κ3) is 11.4. The van der Waals surface area contributed by atoms with Crippen LogP contribution in [0.25, 0.3) is 10.9 Å². The van der Waals surface area contributed by atoms with Crippen molar-refractivity contribution in [2.75, 3.05) is 32.0 Å². The van der Waals surface area contributed by atoms with Gasteiger partial charge in [-0.2, -0.15) is 0 Å². The van der Waals surface area contributed by atoms with Crippen LogP contribution in [-0.4, -0.2) is 159 Å². The van der Waals surface area contributed by atoms with Crippen molar-refractivity contribution in [3.8, 4) is 0 Å². The number of aliphatic hydroxyl groups is 3. The molecule has 3 aliphatic rings. The van der Waals surface area contributed by atoms with Crippen LogP contribution in [0.4, 0.5) is 0 Å². The highest BCUT2D eigenvalue weighted by Gasteiger charge is 2.45. The van der Waals surface area contributed by atoms with Gasteiger partial charge in [0.2, 0.25) is 53.2 Å². The molecular weight excluding hydrogens is 833 g/mol. The minimum absolute atomic E-state index is 0.246. The Balaban J connectivity index is 1.69. The first-order valence-electron chi connectivity index (χ1n) is 20.3. The molecule has 62 heavy (non-hydrogen) atoms. The van der Waals surface area contributed by atoms with Gasteiger partial charge in [0.15, 0.2) is 0 Å². The van der Waals surface area contributed by atoms with Crippen LogP contribution in [0.1, 0.15) is 45.6 Å². The Hall–Kier alpha value is -5.78. The molecule has 23 heteroatoms. The quantitative estimate of drug-likeness (QED) is 0.125. The fraction of sp³-hybridized carbons (Fsp3) is 0.564. The number of thioether (sulfide) groups is 1. The van der Waals surface area contributed by atoms with Crippen LogP contribution in [0.3, 0.4) is 0 Å². The van der Waals surface area contributed by atoms with Gasteiger partial charge in [0.05, 0.1) is 43.4 Å². The first kappa shape index (κ1) is 47.3. The summed E-state index contributed by atoms with van der Waals surface area (Å²) in [5.74, 6) is -10.2. The van der Waals surface area contributed by atoms with Crippen molar-refractivity contribution in [2.45, 2.75) is 99.9 Å². The van der Waals surface area contributed by atoms with Gasteiger partial charge in [-0.25, -0.2) is 0 Å². The molecule has 1 saturated heterocycles. The number of nitrogens with zero attached hydrogens (tertiary/aromatic N) is 1. The highest BCUT2D eigenvalue weighted by molar-refractivity contribution is 7.99. The zero-order valence-electron chi connectivity index (χ0n) is 34.4. The summed E-state index contributed by atoms with van der Waals surface area (Å²) in [6, 6.07) is -2.10. The number of primary amides is 1. The van der Waals surface area contributed by atoms with Crippen molar-refractivity contribution in [1.29, 1.82) is 0 Å². The molecule has 3 aliphatic heterocycles. The third-order valence-electron chi connectivity index (χ3n) is 11.3. The van der Waals surface area contributed by atoms with E-state index in [-0.39, 0.29) is 18.6 Å². The summed E-state index contributed by atoms with van der Waals surface area (Å²) in [5.41, 5.74) is 6.54. The molecule has 0 saturated carbocycles. The number of H-pyrrole nitrogens is 1. The lowest BCUT2D eigenvalue weighted by molar-refractivity contribution is -0.144. The van der Waals surface area contributed by atoms with Crippen molar-refractivity contribution in [1.82, 2.24) is 47.1 Å². The number of rotatable bonds is 7. The van der Waals surface area contributed by atoms with E-state index in [2.05, 4.69) is 42.2 Å². The number of hydrogen-bond donors (Lipinski definition) is 12. The Morgan fingerprint density at radius 1 is 0.855 bits per heavy atom. The minimum Gasteiger partial charge on any atom is -0.394 e. The van der Waals surface area contributed by atoms with Gasteiger partial charge in [0.1, 0.15) is 36.3 Å². The molecule has 0 aliphatic carbocycles. The van der Waals surface area contributed by atoms with E-state index in [1.54, 1.807) is 38.1 Å². The Labute approximate surface area is 360 Å². The molecule has 338 valence electrons. The van der Waals surface area contributed by atoms with E-state index in [9.17, 15) is 58.5 Å². The molecule has 9 amide bonds. The predicted molar refractivity (Wildman–Crippen MR) is 220 cm³/mol. The van der Waals surface area contributed by atoms with E-state index in [1.807, 2.05) is 0 Å². The van der Waals surface area contributed by atoms with Gasteiger partial charge in [-0.15, -0.1) is 11.8 Å². The summed E-state index contributed by atoms with van der Waals surface area (Å²) < 4.78 is 0. The van der Waals surface area contributed by atoms with Gasteiger partial charge in [-0.1, -0.05) is 45.4 Å². The molecule has 1 fully saturated rings. The van der Waals surface area contributed by atoms with Gasteiger partial charge in [0, 0.05) is 42.0 Å². The van der Waals surface area contributed by atoms with Crippen molar-refractivity contribution in [3.63, 3.8) is 0 Å². The number of aliphatic hydroxyl groups excluding tert-OH is 3. The second-order valence-electron chi connectivity index (χ2n) is 15.8. The zero-order chi connectivity index (χ0) is 45.4. The summed E-state index contributed by atoms with van der Waals surface area (Å²) in [7, 11) is 0. The number of aromatic amines is 1. The lowest BCUT2D eigenvalue weighted by atomic mass is 9.93. The Kier molecular flexibility index (Phi) is 15.9. The molecule has 10 atom stereocenters. The molecule has 1 aromatic carbocycles. The summed E-state index contributed by atoms with van der Waals surface area (Å²) >= 11 is 1.02. The van der Waals surface area contributed by atoms with Crippen molar-refractivity contribution in [3.05, 3.63) is 29.8 Å². The molecule has 0 radical (unpaired) electrons. The molecule has 2 aromatic rings. The molecule has 4 heterocycles. The van der Waals surface area contributed by atoms with Crippen LogP contribution < -0.4 is 43.0 Å². The molecule has 0 spiro atoms. The second kappa shape index (κ2) is 20.9. The summed E-state index contributed by atoms with van der Waals surface area (Å²) in [4.78, 5) is 128. The zero-order valence-corrected chi connectivity index (χ0v) is 35.2.